The molecule has 5 nitrogen and oxygen atoms in total. The highest BCUT2D eigenvalue weighted by molar-refractivity contribution is 5.94. The van der Waals surface area contributed by atoms with Gasteiger partial charge in [-0.25, -0.2) is 14.4 Å². The molecule has 6 heteroatoms. The second-order valence-corrected chi connectivity index (χ2v) is 7.15. The number of carbonyl (C=O) groups is 1. The average Bonchev–Trinajstić information content (AvgIpc) is 2.80. The lowest BCUT2D eigenvalue weighted by molar-refractivity contribution is 0.0785. The summed E-state index contributed by atoms with van der Waals surface area (Å²) >= 11 is 0. The van der Waals surface area contributed by atoms with Crippen molar-refractivity contribution in [2.45, 2.75) is 6.54 Å². The zero-order valence-corrected chi connectivity index (χ0v) is 17.0. The first kappa shape index (κ1) is 20.2. The fourth-order valence-electron chi connectivity index (χ4n) is 3.22. The molecule has 0 fully saturated rings. The van der Waals surface area contributed by atoms with Gasteiger partial charge in [-0.1, -0.05) is 42.5 Å². The van der Waals surface area contributed by atoms with Crippen LogP contribution in [-0.2, 0) is 6.54 Å². The Bertz CT molecular complexity index is 1180. The first-order valence-electron chi connectivity index (χ1n) is 9.83. The average molecular weight is 412 g/mol. The van der Waals surface area contributed by atoms with Gasteiger partial charge in [0.25, 0.3) is 5.91 Å². The molecule has 0 aliphatic rings. The maximum Gasteiger partial charge on any atom is 0.253 e. The zero-order valence-electron chi connectivity index (χ0n) is 17.0. The Balaban J connectivity index is 1.44. The van der Waals surface area contributed by atoms with E-state index in [4.69, 9.17) is 0 Å². The number of aromatic nitrogens is 2. The van der Waals surface area contributed by atoms with Gasteiger partial charge in [-0.05, 0) is 42.0 Å². The van der Waals surface area contributed by atoms with E-state index >= 15 is 0 Å². The summed E-state index contributed by atoms with van der Waals surface area (Å²) in [5.41, 5.74) is 3.76. The summed E-state index contributed by atoms with van der Waals surface area (Å²) in [5.74, 6) is 0.212. The van der Waals surface area contributed by atoms with Crippen LogP contribution < -0.4 is 5.32 Å². The van der Waals surface area contributed by atoms with Crippen LogP contribution in [-0.4, -0.2) is 27.8 Å². The molecular formula is C25H21FN4O. The smallest absolute Gasteiger partial charge is 0.253 e. The molecule has 154 valence electrons. The van der Waals surface area contributed by atoms with Crippen LogP contribution >= 0.6 is 0 Å². The molecule has 1 aromatic heterocycles. The second-order valence-electron chi connectivity index (χ2n) is 7.15. The largest absolute Gasteiger partial charge is 0.340 e. The Morgan fingerprint density at radius 2 is 1.71 bits per heavy atom. The molecule has 0 bridgehead atoms. The standard InChI is InChI=1S/C25H21FN4O/c1-30(16-18-6-3-2-4-7-18)25(31)19-10-12-22(13-11-19)29-24-15-23(27-17-28-24)20-8-5-9-21(26)14-20/h2-15,17H,16H2,1H3,(H,27,28,29). The first-order valence-corrected chi connectivity index (χ1v) is 9.83. The molecule has 1 heterocycles. The lowest BCUT2D eigenvalue weighted by atomic mass is 10.1. The lowest BCUT2D eigenvalue weighted by Gasteiger charge is -2.17. The fourth-order valence-corrected chi connectivity index (χ4v) is 3.22. The van der Waals surface area contributed by atoms with E-state index in [0.29, 0.717) is 29.2 Å². The number of amides is 1. The normalized spacial score (nSPS) is 10.5. The topological polar surface area (TPSA) is 58.1 Å². The highest BCUT2D eigenvalue weighted by Crippen LogP contribution is 2.22. The lowest BCUT2D eigenvalue weighted by Crippen LogP contribution is -2.26. The molecule has 0 aliphatic heterocycles. The summed E-state index contributed by atoms with van der Waals surface area (Å²) in [6.07, 6.45) is 1.43. The van der Waals surface area contributed by atoms with Gasteiger partial charge in [0.1, 0.15) is 18.0 Å². The van der Waals surface area contributed by atoms with Crippen LogP contribution in [0.15, 0.2) is 91.3 Å². The van der Waals surface area contributed by atoms with Crippen LogP contribution in [0.2, 0.25) is 0 Å². The van der Waals surface area contributed by atoms with Crippen molar-refractivity contribution < 1.29 is 9.18 Å². The summed E-state index contributed by atoms with van der Waals surface area (Å²) in [6.45, 7) is 0.545. The molecule has 0 radical (unpaired) electrons. The number of carbonyl (C=O) groups excluding carboxylic acids is 1. The predicted molar refractivity (Wildman–Crippen MR) is 119 cm³/mol. The number of nitrogens with one attached hydrogen (secondary N) is 1. The van der Waals surface area contributed by atoms with Crippen molar-refractivity contribution >= 4 is 17.4 Å². The van der Waals surface area contributed by atoms with Crippen molar-refractivity contribution in [3.63, 3.8) is 0 Å². The van der Waals surface area contributed by atoms with Gasteiger partial charge < -0.3 is 10.2 Å². The Morgan fingerprint density at radius 1 is 0.935 bits per heavy atom. The Labute approximate surface area is 180 Å². The second kappa shape index (κ2) is 9.17. The summed E-state index contributed by atoms with van der Waals surface area (Å²) in [7, 11) is 1.79. The number of halogens is 1. The van der Waals surface area contributed by atoms with E-state index in [-0.39, 0.29) is 11.7 Å². The number of benzene rings is 3. The molecule has 0 saturated carbocycles. The highest BCUT2D eigenvalue weighted by atomic mass is 19.1. The van der Waals surface area contributed by atoms with Gasteiger partial charge in [-0.2, -0.15) is 0 Å². The number of hydrogen-bond donors (Lipinski definition) is 1. The SMILES string of the molecule is CN(Cc1ccccc1)C(=O)c1ccc(Nc2cc(-c3cccc(F)c3)ncn2)cc1. The maximum absolute atomic E-state index is 13.5. The van der Waals surface area contributed by atoms with Gasteiger partial charge in [0, 0.05) is 36.5 Å². The van der Waals surface area contributed by atoms with Crippen molar-refractivity contribution in [1.29, 1.82) is 0 Å². The third-order valence-electron chi connectivity index (χ3n) is 4.80. The minimum atomic E-state index is -0.317. The van der Waals surface area contributed by atoms with E-state index in [1.54, 1.807) is 42.3 Å². The van der Waals surface area contributed by atoms with Crippen molar-refractivity contribution in [3.05, 3.63) is 108 Å². The summed E-state index contributed by atoms with van der Waals surface area (Å²) in [4.78, 5) is 22.8. The zero-order chi connectivity index (χ0) is 21.6. The van der Waals surface area contributed by atoms with Crippen LogP contribution in [0, 0.1) is 5.82 Å². The molecule has 31 heavy (non-hydrogen) atoms. The molecule has 4 aromatic rings. The molecule has 3 aromatic carbocycles. The predicted octanol–water partition coefficient (Wildman–Crippen LogP) is 5.30. The van der Waals surface area contributed by atoms with Crippen molar-refractivity contribution in [2.75, 3.05) is 12.4 Å². The van der Waals surface area contributed by atoms with E-state index in [1.165, 1.54) is 18.5 Å². The van der Waals surface area contributed by atoms with Gasteiger partial charge in [0.2, 0.25) is 0 Å². The van der Waals surface area contributed by atoms with Crippen LogP contribution in [0.3, 0.4) is 0 Å². The van der Waals surface area contributed by atoms with Crippen molar-refractivity contribution in [3.8, 4) is 11.3 Å². The van der Waals surface area contributed by atoms with Gasteiger partial charge in [-0.3, -0.25) is 4.79 Å². The van der Waals surface area contributed by atoms with E-state index in [0.717, 1.165) is 11.3 Å². The molecular weight excluding hydrogens is 391 g/mol. The Kier molecular flexibility index (Phi) is 5.98. The Hall–Kier alpha value is -4.06. The van der Waals surface area contributed by atoms with Gasteiger partial charge in [0.15, 0.2) is 0 Å². The molecule has 4 rings (SSSR count). The number of anilines is 2. The van der Waals surface area contributed by atoms with Crippen LogP contribution in [0.4, 0.5) is 15.9 Å². The number of rotatable bonds is 6. The van der Waals surface area contributed by atoms with E-state index in [9.17, 15) is 9.18 Å². The van der Waals surface area contributed by atoms with Crippen LogP contribution in [0.1, 0.15) is 15.9 Å². The molecule has 1 amide bonds. The third kappa shape index (κ3) is 5.11. The highest BCUT2D eigenvalue weighted by Gasteiger charge is 2.12. The minimum absolute atomic E-state index is 0.0502. The van der Waals surface area contributed by atoms with E-state index in [2.05, 4.69) is 15.3 Å². The molecule has 0 spiro atoms. The third-order valence-corrected chi connectivity index (χ3v) is 4.80. The monoisotopic (exact) mass is 412 g/mol. The van der Waals surface area contributed by atoms with Crippen LogP contribution in [0.5, 0.6) is 0 Å². The number of nitrogens with zero attached hydrogens (tertiary/aromatic N) is 3. The van der Waals surface area contributed by atoms with E-state index in [1.807, 2.05) is 42.5 Å². The van der Waals surface area contributed by atoms with Crippen molar-refractivity contribution in [2.24, 2.45) is 0 Å². The van der Waals surface area contributed by atoms with E-state index < -0.39 is 0 Å². The summed E-state index contributed by atoms with van der Waals surface area (Å²) in [5, 5.41) is 3.19. The first-order chi connectivity index (χ1) is 15.1. The Morgan fingerprint density at radius 3 is 2.45 bits per heavy atom. The van der Waals surface area contributed by atoms with Crippen LogP contribution in [0.25, 0.3) is 11.3 Å². The molecule has 0 atom stereocenters. The van der Waals surface area contributed by atoms with Crippen molar-refractivity contribution in [1.82, 2.24) is 14.9 Å². The molecule has 1 N–H and O–H groups in total. The molecule has 0 aliphatic carbocycles. The fraction of sp³-hybridized carbons (Fsp3) is 0.0800. The maximum atomic E-state index is 13.5. The minimum Gasteiger partial charge on any atom is -0.340 e. The van der Waals surface area contributed by atoms with Gasteiger partial charge in [0.05, 0.1) is 5.69 Å². The van der Waals surface area contributed by atoms with Gasteiger partial charge >= 0.3 is 0 Å². The van der Waals surface area contributed by atoms with Gasteiger partial charge in [-0.15, -0.1) is 0 Å². The summed E-state index contributed by atoms with van der Waals surface area (Å²) in [6, 6.07) is 25.1. The quantitative estimate of drug-likeness (QED) is 0.467. The number of hydrogen-bond acceptors (Lipinski definition) is 4. The molecule has 0 unspecified atom stereocenters. The summed E-state index contributed by atoms with van der Waals surface area (Å²) < 4.78 is 13.5. The molecule has 0 saturated heterocycles.